The zero-order valence-corrected chi connectivity index (χ0v) is 18.2. The van der Waals surface area contributed by atoms with E-state index in [4.69, 9.17) is 4.42 Å². The molecule has 0 atom stereocenters. The van der Waals surface area contributed by atoms with Crippen LogP contribution in [0, 0.1) is 0 Å². The van der Waals surface area contributed by atoms with Crippen molar-refractivity contribution < 1.29 is 14.0 Å². The van der Waals surface area contributed by atoms with Gasteiger partial charge in [0.1, 0.15) is 5.76 Å². The molecule has 3 aromatic rings. The molecule has 2 aromatic carbocycles. The molecule has 1 aromatic heterocycles. The molecule has 0 spiro atoms. The number of nitrogens with zero attached hydrogens (tertiary/aromatic N) is 1. The molecule has 0 bridgehead atoms. The van der Waals surface area contributed by atoms with Crippen molar-refractivity contribution in [2.45, 2.75) is 38.8 Å². The maximum absolute atomic E-state index is 12.8. The molecule has 4 rings (SSSR count). The normalized spacial score (nSPS) is 14.5. The summed E-state index contributed by atoms with van der Waals surface area (Å²) in [5.41, 5.74) is 2.66. The monoisotopic (exact) mass is 431 g/mol. The van der Waals surface area contributed by atoms with Gasteiger partial charge in [0.15, 0.2) is 0 Å². The maximum Gasteiger partial charge on any atom is 0.255 e. The zero-order valence-electron chi connectivity index (χ0n) is 18.2. The first-order valence-corrected chi connectivity index (χ1v) is 11.2. The van der Waals surface area contributed by atoms with Crippen LogP contribution >= 0.6 is 0 Å². The number of para-hydroxylation sites is 1. The molecule has 1 fully saturated rings. The van der Waals surface area contributed by atoms with Gasteiger partial charge < -0.3 is 15.1 Å². The molecule has 32 heavy (non-hydrogen) atoms. The van der Waals surface area contributed by atoms with E-state index in [1.54, 1.807) is 42.7 Å². The second-order valence-corrected chi connectivity index (χ2v) is 8.15. The van der Waals surface area contributed by atoms with Crippen LogP contribution in [0.3, 0.4) is 0 Å². The lowest BCUT2D eigenvalue weighted by Crippen LogP contribution is -2.25. The van der Waals surface area contributed by atoms with Gasteiger partial charge in [0.25, 0.3) is 11.8 Å². The van der Waals surface area contributed by atoms with E-state index in [2.05, 4.69) is 15.5 Å². The molecular weight excluding hydrogens is 402 g/mol. The van der Waals surface area contributed by atoms with E-state index < -0.39 is 0 Å². The molecule has 6 nitrogen and oxygen atoms in total. The highest BCUT2D eigenvalue weighted by Gasteiger charge is 2.15. The van der Waals surface area contributed by atoms with Crippen LogP contribution in [-0.4, -0.2) is 29.8 Å². The van der Waals surface area contributed by atoms with Crippen LogP contribution in [0.25, 0.3) is 0 Å². The van der Waals surface area contributed by atoms with Crippen molar-refractivity contribution in [2.24, 2.45) is 0 Å². The van der Waals surface area contributed by atoms with Gasteiger partial charge in [-0.3, -0.25) is 14.5 Å². The van der Waals surface area contributed by atoms with Gasteiger partial charge in [-0.25, -0.2) is 0 Å². The Kier molecular flexibility index (Phi) is 7.35. The number of amides is 2. The van der Waals surface area contributed by atoms with E-state index in [1.165, 1.54) is 31.2 Å². The van der Waals surface area contributed by atoms with Crippen molar-refractivity contribution in [3.05, 3.63) is 89.4 Å². The van der Waals surface area contributed by atoms with Crippen molar-refractivity contribution in [3.8, 4) is 0 Å². The molecular formula is C26H29N3O3. The SMILES string of the molecule is O=C(Nc1ccccc1C(=O)NCc1ccco1)c1ccc(CN2CCCCCC2)cc1. The van der Waals surface area contributed by atoms with Crippen molar-refractivity contribution in [2.75, 3.05) is 18.4 Å². The van der Waals surface area contributed by atoms with E-state index in [-0.39, 0.29) is 18.4 Å². The fourth-order valence-corrected chi connectivity index (χ4v) is 3.97. The third-order valence-electron chi connectivity index (χ3n) is 5.74. The van der Waals surface area contributed by atoms with Gasteiger partial charge in [0.05, 0.1) is 24.1 Å². The predicted octanol–water partition coefficient (Wildman–Crippen LogP) is 4.84. The van der Waals surface area contributed by atoms with Gasteiger partial charge in [0, 0.05) is 12.1 Å². The molecule has 2 heterocycles. The molecule has 166 valence electrons. The Labute approximate surface area is 188 Å². The lowest BCUT2D eigenvalue weighted by atomic mass is 10.1. The van der Waals surface area contributed by atoms with Gasteiger partial charge in [-0.05, 0) is 67.9 Å². The number of benzene rings is 2. The molecule has 0 unspecified atom stereocenters. The molecule has 6 heteroatoms. The molecule has 1 aliphatic rings. The summed E-state index contributed by atoms with van der Waals surface area (Å²) in [5.74, 6) is 0.155. The van der Waals surface area contributed by atoms with Gasteiger partial charge in [-0.2, -0.15) is 0 Å². The van der Waals surface area contributed by atoms with Crippen molar-refractivity contribution in [1.82, 2.24) is 10.2 Å². The molecule has 0 saturated carbocycles. The van der Waals surface area contributed by atoms with Crippen LogP contribution in [0.2, 0.25) is 0 Å². The van der Waals surface area contributed by atoms with Gasteiger partial charge in [0.2, 0.25) is 0 Å². The number of rotatable bonds is 7. The maximum atomic E-state index is 12.8. The Morgan fingerprint density at radius 1 is 0.844 bits per heavy atom. The second kappa shape index (κ2) is 10.8. The Morgan fingerprint density at radius 3 is 2.31 bits per heavy atom. The number of nitrogens with one attached hydrogen (secondary N) is 2. The summed E-state index contributed by atoms with van der Waals surface area (Å²) in [7, 11) is 0. The van der Waals surface area contributed by atoms with Gasteiger partial charge in [-0.15, -0.1) is 0 Å². The van der Waals surface area contributed by atoms with Crippen LogP contribution in [-0.2, 0) is 13.1 Å². The summed E-state index contributed by atoms with van der Waals surface area (Å²) in [6.07, 6.45) is 6.72. The standard InChI is InChI=1S/C26H29N3O3/c30-25(21-13-11-20(12-14-21)19-29-15-5-1-2-6-16-29)28-24-10-4-3-9-23(24)26(31)27-18-22-8-7-17-32-22/h3-4,7-14,17H,1-2,5-6,15-16,18-19H2,(H,27,31)(H,28,30). The summed E-state index contributed by atoms with van der Waals surface area (Å²) in [6, 6.07) is 18.3. The minimum Gasteiger partial charge on any atom is -0.467 e. The number of carbonyl (C=O) groups excluding carboxylic acids is 2. The Bertz CT molecular complexity index is 1020. The average Bonchev–Trinajstić information content (AvgIpc) is 3.21. The number of likely N-dealkylation sites (tertiary alicyclic amines) is 1. The minimum absolute atomic E-state index is 0.238. The third-order valence-corrected chi connectivity index (χ3v) is 5.74. The van der Waals surface area contributed by atoms with E-state index >= 15 is 0 Å². The smallest absolute Gasteiger partial charge is 0.255 e. The quantitative estimate of drug-likeness (QED) is 0.561. The highest BCUT2D eigenvalue weighted by Crippen LogP contribution is 2.18. The summed E-state index contributed by atoms with van der Waals surface area (Å²) in [4.78, 5) is 27.9. The van der Waals surface area contributed by atoms with Crippen molar-refractivity contribution in [3.63, 3.8) is 0 Å². The zero-order chi connectivity index (χ0) is 22.2. The number of hydrogen-bond acceptors (Lipinski definition) is 4. The van der Waals surface area contributed by atoms with E-state index in [0.717, 1.165) is 19.6 Å². The van der Waals surface area contributed by atoms with Crippen LogP contribution in [0.1, 0.15) is 57.7 Å². The minimum atomic E-state index is -0.273. The first kappa shape index (κ1) is 21.8. The Hall–Kier alpha value is -3.38. The van der Waals surface area contributed by atoms with E-state index in [9.17, 15) is 9.59 Å². The average molecular weight is 432 g/mol. The summed E-state index contributed by atoms with van der Waals surface area (Å²) >= 11 is 0. The number of furan rings is 1. The lowest BCUT2D eigenvalue weighted by molar-refractivity contribution is 0.0949. The molecule has 1 aliphatic heterocycles. The molecule has 1 saturated heterocycles. The molecule has 2 amide bonds. The van der Waals surface area contributed by atoms with Crippen LogP contribution in [0.15, 0.2) is 71.3 Å². The summed E-state index contributed by atoms with van der Waals surface area (Å²) in [5, 5.41) is 5.69. The van der Waals surface area contributed by atoms with Crippen molar-refractivity contribution >= 4 is 17.5 Å². The Balaban J connectivity index is 1.37. The lowest BCUT2D eigenvalue weighted by Gasteiger charge is -2.19. The predicted molar refractivity (Wildman–Crippen MR) is 124 cm³/mol. The molecule has 2 N–H and O–H groups in total. The third kappa shape index (κ3) is 5.86. The number of carbonyl (C=O) groups is 2. The summed E-state index contributed by atoms with van der Waals surface area (Å²) in [6.45, 7) is 3.48. The van der Waals surface area contributed by atoms with Gasteiger partial charge >= 0.3 is 0 Å². The van der Waals surface area contributed by atoms with Gasteiger partial charge in [-0.1, -0.05) is 37.1 Å². The summed E-state index contributed by atoms with van der Waals surface area (Å²) < 4.78 is 5.25. The highest BCUT2D eigenvalue weighted by molar-refractivity contribution is 6.09. The van der Waals surface area contributed by atoms with E-state index in [1.807, 2.05) is 24.3 Å². The van der Waals surface area contributed by atoms with E-state index in [0.29, 0.717) is 22.6 Å². The molecule has 0 radical (unpaired) electrons. The Morgan fingerprint density at radius 2 is 1.59 bits per heavy atom. The number of hydrogen-bond donors (Lipinski definition) is 2. The fraction of sp³-hybridized carbons (Fsp3) is 0.308. The van der Waals surface area contributed by atoms with Crippen LogP contribution in [0.4, 0.5) is 5.69 Å². The second-order valence-electron chi connectivity index (χ2n) is 8.15. The first-order chi connectivity index (χ1) is 15.7. The highest BCUT2D eigenvalue weighted by atomic mass is 16.3. The van der Waals surface area contributed by atoms with Crippen molar-refractivity contribution in [1.29, 1.82) is 0 Å². The van der Waals surface area contributed by atoms with Crippen LogP contribution in [0.5, 0.6) is 0 Å². The first-order valence-electron chi connectivity index (χ1n) is 11.2. The molecule has 0 aliphatic carbocycles. The van der Waals surface area contributed by atoms with Crippen LogP contribution < -0.4 is 10.6 Å². The number of anilines is 1. The largest absolute Gasteiger partial charge is 0.467 e. The fourth-order valence-electron chi connectivity index (χ4n) is 3.97. The topological polar surface area (TPSA) is 74.6 Å².